The molecule has 0 spiro atoms. The molecule has 7 heteroatoms. The standard InChI is InChI=1S/C17H19NO4S2/c1-17(22,10-12-6-3-2-4-7-12)11-13-15(21)18(16(23)24-13)9-5-8-14(19)20/h2-4,6-7,11,22H,5,8-10H2,1H3,(H,19,20)/b13-11-. The molecule has 1 aromatic carbocycles. The highest BCUT2D eigenvalue weighted by Crippen LogP contribution is 2.33. The van der Waals surface area contributed by atoms with Crippen LogP contribution in [0, 0.1) is 0 Å². The molecule has 1 fully saturated rings. The predicted octanol–water partition coefficient (Wildman–Crippen LogP) is 2.59. The van der Waals surface area contributed by atoms with Crippen molar-refractivity contribution in [1.29, 1.82) is 0 Å². The van der Waals surface area contributed by atoms with Crippen molar-refractivity contribution in [3.05, 3.63) is 46.9 Å². The van der Waals surface area contributed by atoms with Gasteiger partial charge >= 0.3 is 5.97 Å². The van der Waals surface area contributed by atoms with Gasteiger partial charge in [-0.05, 0) is 25.0 Å². The lowest BCUT2D eigenvalue weighted by atomic mass is 9.96. The van der Waals surface area contributed by atoms with Crippen LogP contribution < -0.4 is 0 Å². The maximum atomic E-state index is 12.4. The third kappa shape index (κ3) is 5.15. The minimum atomic E-state index is -1.17. The van der Waals surface area contributed by atoms with Gasteiger partial charge in [-0.15, -0.1) is 0 Å². The Morgan fingerprint density at radius 2 is 2.04 bits per heavy atom. The number of aliphatic carboxylic acids is 1. The van der Waals surface area contributed by atoms with Crippen LogP contribution in [0.25, 0.3) is 0 Å². The van der Waals surface area contributed by atoms with E-state index in [1.165, 1.54) is 11.0 Å². The molecular weight excluding hydrogens is 346 g/mol. The van der Waals surface area contributed by atoms with Gasteiger partial charge in [0.25, 0.3) is 5.91 Å². The lowest BCUT2D eigenvalue weighted by Gasteiger charge is -2.20. The van der Waals surface area contributed by atoms with E-state index in [0.29, 0.717) is 22.1 Å². The molecule has 1 heterocycles. The van der Waals surface area contributed by atoms with E-state index in [1.54, 1.807) is 6.92 Å². The van der Waals surface area contributed by atoms with Gasteiger partial charge in [-0.25, -0.2) is 0 Å². The van der Waals surface area contributed by atoms with E-state index in [9.17, 15) is 14.7 Å². The number of nitrogens with zero attached hydrogens (tertiary/aromatic N) is 1. The first-order chi connectivity index (χ1) is 11.3. The van der Waals surface area contributed by atoms with Crippen molar-refractivity contribution < 1.29 is 19.8 Å². The zero-order valence-corrected chi connectivity index (χ0v) is 14.9. The fourth-order valence-corrected chi connectivity index (χ4v) is 3.85. The van der Waals surface area contributed by atoms with E-state index in [-0.39, 0.29) is 18.9 Å². The van der Waals surface area contributed by atoms with Gasteiger partial charge < -0.3 is 10.2 Å². The van der Waals surface area contributed by atoms with Crippen molar-refractivity contribution in [3.63, 3.8) is 0 Å². The summed E-state index contributed by atoms with van der Waals surface area (Å²) in [5.41, 5.74) is -0.206. The van der Waals surface area contributed by atoms with Crippen molar-refractivity contribution in [1.82, 2.24) is 4.90 Å². The molecule has 0 aromatic heterocycles. The molecule has 0 bridgehead atoms. The number of carbonyl (C=O) groups excluding carboxylic acids is 1. The van der Waals surface area contributed by atoms with E-state index in [2.05, 4.69) is 0 Å². The summed E-state index contributed by atoms with van der Waals surface area (Å²) in [5.74, 6) is -1.18. The van der Waals surface area contributed by atoms with Crippen LogP contribution in [0.4, 0.5) is 0 Å². The molecule has 1 aromatic rings. The van der Waals surface area contributed by atoms with Crippen molar-refractivity contribution >= 4 is 40.2 Å². The normalized spacial score (nSPS) is 18.9. The van der Waals surface area contributed by atoms with Crippen LogP contribution >= 0.6 is 24.0 Å². The van der Waals surface area contributed by atoms with Crippen LogP contribution in [0.3, 0.4) is 0 Å². The van der Waals surface area contributed by atoms with Crippen molar-refractivity contribution in [2.24, 2.45) is 0 Å². The summed E-state index contributed by atoms with van der Waals surface area (Å²) >= 11 is 6.33. The third-order valence-electron chi connectivity index (χ3n) is 3.49. The Morgan fingerprint density at radius 1 is 1.38 bits per heavy atom. The van der Waals surface area contributed by atoms with Gasteiger partial charge in [0.2, 0.25) is 0 Å². The molecule has 2 rings (SSSR count). The quantitative estimate of drug-likeness (QED) is 0.571. The molecule has 0 radical (unpaired) electrons. The Labute approximate surface area is 150 Å². The number of hydrogen-bond donors (Lipinski definition) is 2. The molecule has 1 unspecified atom stereocenters. The largest absolute Gasteiger partial charge is 0.481 e. The molecule has 0 aliphatic carbocycles. The fraction of sp³-hybridized carbons (Fsp3) is 0.353. The average Bonchev–Trinajstić information content (AvgIpc) is 2.74. The molecule has 128 valence electrons. The lowest BCUT2D eigenvalue weighted by molar-refractivity contribution is -0.137. The smallest absolute Gasteiger partial charge is 0.303 e. The third-order valence-corrected chi connectivity index (χ3v) is 4.87. The summed E-state index contributed by atoms with van der Waals surface area (Å²) in [4.78, 5) is 24.8. The SMILES string of the molecule is CC(O)(/C=C1\SC(=S)N(CCCC(=O)O)C1=O)Cc1ccccc1. The number of amides is 1. The van der Waals surface area contributed by atoms with Crippen molar-refractivity contribution in [2.75, 3.05) is 6.54 Å². The molecular formula is C17H19NO4S2. The Hall–Kier alpha value is -1.70. The molecule has 1 aliphatic rings. The maximum absolute atomic E-state index is 12.4. The van der Waals surface area contributed by atoms with Gasteiger partial charge in [-0.1, -0.05) is 54.3 Å². The number of aliphatic hydroxyl groups is 1. The number of carboxylic acid groups (broad SMARTS) is 1. The minimum Gasteiger partial charge on any atom is -0.481 e. The van der Waals surface area contributed by atoms with Crippen LogP contribution in [0.1, 0.15) is 25.3 Å². The highest BCUT2D eigenvalue weighted by atomic mass is 32.2. The van der Waals surface area contributed by atoms with E-state index < -0.39 is 11.6 Å². The second kappa shape index (κ2) is 7.92. The fourth-order valence-electron chi connectivity index (χ4n) is 2.42. The Balaban J connectivity index is 2.05. The highest BCUT2D eigenvalue weighted by Gasteiger charge is 2.34. The second-order valence-corrected chi connectivity index (χ2v) is 7.53. The summed E-state index contributed by atoms with van der Waals surface area (Å²) in [6, 6.07) is 9.53. The summed E-state index contributed by atoms with van der Waals surface area (Å²) in [6.07, 6.45) is 2.25. The molecule has 24 heavy (non-hydrogen) atoms. The van der Waals surface area contributed by atoms with Crippen LogP contribution in [-0.4, -0.2) is 43.5 Å². The number of hydrogen-bond acceptors (Lipinski definition) is 5. The summed E-state index contributed by atoms with van der Waals surface area (Å²) < 4.78 is 0.396. The highest BCUT2D eigenvalue weighted by molar-refractivity contribution is 8.26. The van der Waals surface area contributed by atoms with Crippen LogP contribution in [0.15, 0.2) is 41.3 Å². The topological polar surface area (TPSA) is 77.8 Å². The van der Waals surface area contributed by atoms with Gasteiger partial charge in [0.1, 0.15) is 4.32 Å². The van der Waals surface area contributed by atoms with Crippen molar-refractivity contribution in [2.45, 2.75) is 31.8 Å². The first kappa shape index (κ1) is 18.6. The Morgan fingerprint density at radius 3 is 2.67 bits per heavy atom. The molecule has 2 N–H and O–H groups in total. The van der Waals surface area contributed by atoms with E-state index >= 15 is 0 Å². The van der Waals surface area contributed by atoms with Crippen LogP contribution in [0.2, 0.25) is 0 Å². The monoisotopic (exact) mass is 365 g/mol. The van der Waals surface area contributed by atoms with E-state index in [1.807, 2.05) is 30.3 Å². The zero-order valence-electron chi connectivity index (χ0n) is 13.3. The second-order valence-electron chi connectivity index (χ2n) is 5.85. The summed E-state index contributed by atoms with van der Waals surface area (Å²) in [6.45, 7) is 1.92. The number of benzene rings is 1. The number of carboxylic acids is 1. The van der Waals surface area contributed by atoms with Gasteiger partial charge in [0.15, 0.2) is 0 Å². The number of rotatable bonds is 7. The molecule has 1 amide bonds. The van der Waals surface area contributed by atoms with Crippen LogP contribution in [-0.2, 0) is 16.0 Å². The number of thioether (sulfide) groups is 1. The van der Waals surface area contributed by atoms with Crippen LogP contribution in [0.5, 0.6) is 0 Å². The van der Waals surface area contributed by atoms with Gasteiger partial charge in [-0.3, -0.25) is 14.5 Å². The first-order valence-corrected chi connectivity index (χ1v) is 8.75. The summed E-state index contributed by atoms with van der Waals surface area (Å²) in [5, 5.41) is 19.3. The zero-order chi connectivity index (χ0) is 17.7. The van der Waals surface area contributed by atoms with Gasteiger partial charge in [0, 0.05) is 19.4 Å². The molecule has 5 nitrogen and oxygen atoms in total. The molecule has 1 atom stereocenters. The molecule has 1 saturated heterocycles. The Bertz CT molecular complexity index is 670. The molecule has 0 saturated carbocycles. The summed E-state index contributed by atoms with van der Waals surface area (Å²) in [7, 11) is 0. The number of carbonyl (C=O) groups is 2. The molecule has 1 aliphatic heterocycles. The van der Waals surface area contributed by atoms with Gasteiger partial charge in [0.05, 0.1) is 10.5 Å². The van der Waals surface area contributed by atoms with E-state index in [4.69, 9.17) is 17.3 Å². The van der Waals surface area contributed by atoms with E-state index in [0.717, 1.165) is 17.3 Å². The predicted molar refractivity (Wildman–Crippen MR) is 97.6 cm³/mol. The minimum absolute atomic E-state index is 0.0121. The van der Waals surface area contributed by atoms with Crippen molar-refractivity contribution in [3.8, 4) is 0 Å². The maximum Gasteiger partial charge on any atom is 0.303 e. The average molecular weight is 365 g/mol. The Kier molecular flexibility index (Phi) is 6.15. The first-order valence-electron chi connectivity index (χ1n) is 7.53. The number of thiocarbonyl (C=S) groups is 1. The van der Waals surface area contributed by atoms with Gasteiger partial charge in [-0.2, -0.15) is 0 Å². The lowest BCUT2D eigenvalue weighted by Crippen LogP contribution is -2.30.